The third-order valence-corrected chi connectivity index (χ3v) is 8.47. The number of sulfonamides is 1. The fraction of sp³-hybridized carbons (Fsp3) is 0.269. The molecule has 3 aromatic rings. The number of rotatable bonds is 4. The summed E-state index contributed by atoms with van der Waals surface area (Å²) in [5.74, 6) is -0.0519. The molecule has 1 fully saturated rings. The van der Waals surface area contributed by atoms with Crippen LogP contribution in [0, 0.1) is 6.92 Å². The number of hydrogen-bond donors (Lipinski definition) is 0. The Kier molecular flexibility index (Phi) is 5.35. The molecule has 0 aromatic heterocycles. The van der Waals surface area contributed by atoms with Gasteiger partial charge >= 0.3 is 0 Å². The first-order chi connectivity index (χ1) is 15.5. The minimum atomic E-state index is -3.74. The fourth-order valence-electron chi connectivity index (χ4n) is 4.89. The SMILES string of the molecule is Cc1ccc(S(=O)(=O)N2CCCC2C(=O)N2CC(c3ccccc3)c3ccccc32)cc1. The Morgan fingerprint density at radius 2 is 1.59 bits per heavy atom. The maximum Gasteiger partial charge on any atom is 0.245 e. The minimum Gasteiger partial charge on any atom is -0.310 e. The number of amides is 1. The number of para-hydroxylation sites is 1. The van der Waals surface area contributed by atoms with Crippen molar-refractivity contribution in [1.29, 1.82) is 0 Å². The van der Waals surface area contributed by atoms with Gasteiger partial charge in [0.25, 0.3) is 0 Å². The van der Waals surface area contributed by atoms with E-state index in [2.05, 4.69) is 18.2 Å². The summed E-state index contributed by atoms with van der Waals surface area (Å²) in [4.78, 5) is 15.8. The molecule has 2 unspecified atom stereocenters. The van der Waals surface area contributed by atoms with Gasteiger partial charge in [0.2, 0.25) is 15.9 Å². The van der Waals surface area contributed by atoms with Gasteiger partial charge in [-0.3, -0.25) is 4.79 Å². The van der Waals surface area contributed by atoms with Crippen molar-refractivity contribution in [1.82, 2.24) is 4.31 Å². The summed E-state index contributed by atoms with van der Waals surface area (Å²) >= 11 is 0. The largest absolute Gasteiger partial charge is 0.310 e. The molecular formula is C26H26N2O3S. The second kappa shape index (κ2) is 8.19. The maximum atomic E-state index is 13.7. The van der Waals surface area contributed by atoms with E-state index in [0.29, 0.717) is 25.9 Å². The van der Waals surface area contributed by atoms with E-state index in [1.165, 1.54) is 4.31 Å². The summed E-state index contributed by atoms with van der Waals surface area (Å²) in [6.45, 7) is 2.81. The van der Waals surface area contributed by atoms with E-state index in [1.54, 1.807) is 29.2 Å². The Morgan fingerprint density at radius 3 is 2.34 bits per heavy atom. The Morgan fingerprint density at radius 1 is 0.906 bits per heavy atom. The van der Waals surface area contributed by atoms with Gasteiger partial charge < -0.3 is 4.90 Å². The van der Waals surface area contributed by atoms with Gasteiger partial charge in [-0.15, -0.1) is 0 Å². The van der Waals surface area contributed by atoms with Gasteiger partial charge in [0.15, 0.2) is 0 Å². The van der Waals surface area contributed by atoms with Gasteiger partial charge in [0, 0.05) is 24.7 Å². The van der Waals surface area contributed by atoms with Gasteiger partial charge in [-0.1, -0.05) is 66.2 Å². The predicted molar refractivity (Wildman–Crippen MR) is 125 cm³/mol. The average molecular weight is 447 g/mol. The highest BCUT2D eigenvalue weighted by Crippen LogP contribution is 2.41. The van der Waals surface area contributed by atoms with E-state index in [-0.39, 0.29) is 16.7 Å². The molecule has 0 bridgehead atoms. The number of anilines is 1. The van der Waals surface area contributed by atoms with Crippen LogP contribution in [0.15, 0.2) is 83.8 Å². The van der Waals surface area contributed by atoms with Crippen LogP contribution in [0.4, 0.5) is 5.69 Å². The van der Waals surface area contributed by atoms with Crippen molar-refractivity contribution in [2.45, 2.75) is 36.6 Å². The first-order valence-electron chi connectivity index (χ1n) is 11.0. The molecule has 2 atom stereocenters. The summed E-state index contributed by atoms with van der Waals surface area (Å²) in [6.07, 6.45) is 1.22. The quantitative estimate of drug-likeness (QED) is 0.600. The van der Waals surface area contributed by atoms with Crippen molar-refractivity contribution in [2.75, 3.05) is 18.0 Å². The van der Waals surface area contributed by atoms with Gasteiger partial charge in [0.05, 0.1) is 4.90 Å². The van der Waals surface area contributed by atoms with Crippen LogP contribution in [0.3, 0.4) is 0 Å². The zero-order valence-electron chi connectivity index (χ0n) is 18.0. The molecule has 3 aromatic carbocycles. The lowest BCUT2D eigenvalue weighted by Gasteiger charge is -2.28. The Hall–Kier alpha value is -2.96. The molecule has 5 rings (SSSR count). The lowest BCUT2D eigenvalue weighted by molar-refractivity contribution is -0.121. The van der Waals surface area contributed by atoms with Crippen molar-refractivity contribution < 1.29 is 13.2 Å². The third-order valence-electron chi connectivity index (χ3n) is 6.55. The molecular weight excluding hydrogens is 420 g/mol. The lowest BCUT2D eigenvalue weighted by atomic mass is 9.93. The highest BCUT2D eigenvalue weighted by Gasteiger charge is 2.44. The molecule has 0 aliphatic carbocycles. The van der Waals surface area contributed by atoms with Gasteiger partial charge in [-0.05, 0) is 49.1 Å². The molecule has 5 nitrogen and oxygen atoms in total. The average Bonchev–Trinajstić information content (AvgIpc) is 3.46. The molecule has 0 N–H and O–H groups in total. The summed E-state index contributed by atoms with van der Waals surface area (Å²) < 4.78 is 28.1. The van der Waals surface area contributed by atoms with E-state index in [4.69, 9.17) is 0 Å². The fourth-order valence-corrected chi connectivity index (χ4v) is 6.54. The molecule has 2 heterocycles. The topological polar surface area (TPSA) is 57.7 Å². The van der Waals surface area contributed by atoms with Crippen LogP contribution in [0.5, 0.6) is 0 Å². The normalized spacial score (nSPS) is 21.0. The first kappa shape index (κ1) is 20.9. The first-order valence-corrected chi connectivity index (χ1v) is 12.4. The third kappa shape index (κ3) is 3.53. The van der Waals surface area contributed by atoms with E-state index < -0.39 is 16.1 Å². The molecule has 2 aliphatic rings. The number of hydrogen-bond acceptors (Lipinski definition) is 3. The van der Waals surface area contributed by atoms with Crippen LogP contribution >= 0.6 is 0 Å². The van der Waals surface area contributed by atoms with E-state index in [0.717, 1.165) is 22.4 Å². The molecule has 0 saturated carbocycles. The van der Waals surface area contributed by atoms with Crippen LogP contribution in [-0.2, 0) is 14.8 Å². The van der Waals surface area contributed by atoms with Crippen LogP contribution in [-0.4, -0.2) is 37.8 Å². The summed E-state index contributed by atoms with van der Waals surface area (Å²) in [7, 11) is -3.74. The lowest BCUT2D eigenvalue weighted by Crippen LogP contribution is -2.47. The molecule has 164 valence electrons. The number of carbonyl (C=O) groups excluding carboxylic acids is 1. The number of carbonyl (C=O) groups is 1. The van der Waals surface area contributed by atoms with Gasteiger partial charge in [-0.2, -0.15) is 4.31 Å². The van der Waals surface area contributed by atoms with Crippen molar-refractivity contribution in [3.63, 3.8) is 0 Å². The monoisotopic (exact) mass is 446 g/mol. The van der Waals surface area contributed by atoms with Gasteiger partial charge in [-0.25, -0.2) is 8.42 Å². The molecule has 0 spiro atoms. The summed E-state index contributed by atoms with van der Waals surface area (Å²) in [6, 6.07) is 24.3. The van der Waals surface area contributed by atoms with Crippen LogP contribution in [0.25, 0.3) is 0 Å². The standard InChI is InChI=1S/C26H26N2O3S/c1-19-13-15-21(16-14-19)32(30,31)28-17-7-12-25(28)26(29)27-18-23(20-8-3-2-4-9-20)22-10-5-6-11-24(22)27/h2-6,8-11,13-16,23,25H,7,12,17-18H2,1H3. The van der Waals surface area contributed by atoms with Crippen molar-refractivity contribution in [3.05, 3.63) is 95.6 Å². The van der Waals surface area contributed by atoms with Crippen molar-refractivity contribution >= 4 is 21.6 Å². The molecule has 1 saturated heterocycles. The van der Waals surface area contributed by atoms with E-state index >= 15 is 0 Å². The second-order valence-corrected chi connectivity index (χ2v) is 10.4. The number of benzene rings is 3. The predicted octanol–water partition coefficient (Wildman–Crippen LogP) is 4.33. The smallest absolute Gasteiger partial charge is 0.245 e. The van der Waals surface area contributed by atoms with Crippen LogP contribution in [0.2, 0.25) is 0 Å². The zero-order valence-corrected chi connectivity index (χ0v) is 18.8. The van der Waals surface area contributed by atoms with Crippen LogP contribution in [0.1, 0.15) is 35.4 Å². The molecule has 32 heavy (non-hydrogen) atoms. The van der Waals surface area contributed by atoms with E-state index in [1.807, 2.05) is 43.3 Å². The zero-order chi connectivity index (χ0) is 22.3. The van der Waals surface area contributed by atoms with Crippen molar-refractivity contribution in [3.8, 4) is 0 Å². The highest BCUT2D eigenvalue weighted by atomic mass is 32.2. The van der Waals surface area contributed by atoms with Crippen LogP contribution < -0.4 is 4.90 Å². The molecule has 1 amide bonds. The van der Waals surface area contributed by atoms with E-state index in [9.17, 15) is 13.2 Å². The maximum absolute atomic E-state index is 13.7. The Balaban J connectivity index is 1.46. The van der Waals surface area contributed by atoms with Crippen molar-refractivity contribution in [2.24, 2.45) is 0 Å². The number of aryl methyl sites for hydroxylation is 1. The number of nitrogens with zero attached hydrogens (tertiary/aromatic N) is 2. The molecule has 2 aliphatic heterocycles. The summed E-state index contributed by atoms with van der Waals surface area (Å²) in [5, 5.41) is 0. The molecule has 6 heteroatoms. The Bertz CT molecular complexity index is 1240. The second-order valence-electron chi connectivity index (χ2n) is 8.56. The molecule has 0 radical (unpaired) electrons. The Labute approximate surface area is 189 Å². The number of fused-ring (bicyclic) bond motifs is 1. The minimum absolute atomic E-state index is 0.0832. The highest BCUT2D eigenvalue weighted by molar-refractivity contribution is 7.89. The van der Waals surface area contributed by atoms with Gasteiger partial charge in [0.1, 0.15) is 6.04 Å². The summed E-state index contributed by atoms with van der Waals surface area (Å²) in [5.41, 5.74) is 4.15.